The van der Waals surface area contributed by atoms with Gasteiger partial charge in [-0.2, -0.15) is 0 Å². The van der Waals surface area contributed by atoms with Crippen molar-refractivity contribution in [2.75, 3.05) is 53.0 Å². The number of carbonyl (C=O) groups is 1. The summed E-state index contributed by atoms with van der Waals surface area (Å²) >= 11 is 0. The van der Waals surface area contributed by atoms with Crippen molar-refractivity contribution in [1.29, 1.82) is 0 Å². The van der Waals surface area contributed by atoms with Gasteiger partial charge in [0.15, 0.2) is 11.5 Å². The predicted molar refractivity (Wildman–Crippen MR) is 101 cm³/mol. The Morgan fingerprint density at radius 1 is 1.15 bits per heavy atom. The topological polar surface area (TPSA) is 63.3 Å². The first-order valence-electron chi connectivity index (χ1n) is 9.95. The maximum absolute atomic E-state index is 12.7. The Morgan fingerprint density at radius 3 is 2.63 bits per heavy atom. The minimum Gasteiger partial charge on any atom is -0.496 e. The third-order valence-corrected chi connectivity index (χ3v) is 5.52. The number of likely N-dealkylation sites (tertiary alicyclic amines) is 1. The molecular weight excluding hydrogens is 346 g/mol. The van der Waals surface area contributed by atoms with Crippen molar-refractivity contribution in [2.45, 2.75) is 31.8 Å². The number of amides is 1. The van der Waals surface area contributed by atoms with Crippen molar-refractivity contribution < 1.29 is 19.0 Å². The zero-order valence-electron chi connectivity index (χ0n) is 16.0. The molecule has 0 saturated carbocycles. The zero-order chi connectivity index (χ0) is 18.6. The monoisotopic (exact) mass is 375 g/mol. The average molecular weight is 375 g/mol. The highest BCUT2D eigenvalue weighted by Gasteiger charge is 2.30. The molecule has 0 aromatic heterocycles. The molecule has 2 saturated heterocycles. The fourth-order valence-electron chi connectivity index (χ4n) is 4.06. The summed E-state index contributed by atoms with van der Waals surface area (Å²) in [6.07, 6.45) is 3.12. The fourth-order valence-corrected chi connectivity index (χ4v) is 4.06. The van der Waals surface area contributed by atoms with E-state index in [0.717, 1.165) is 74.8 Å². The molecule has 0 unspecified atom stereocenters. The number of methoxy groups -OCH3 is 1. The minimum absolute atomic E-state index is 0.122. The smallest absolute Gasteiger partial charge is 0.241 e. The van der Waals surface area contributed by atoms with E-state index in [-0.39, 0.29) is 11.9 Å². The van der Waals surface area contributed by atoms with Gasteiger partial charge in [0.1, 0.15) is 5.75 Å². The Hall–Kier alpha value is -1.99. The molecule has 3 heterocycles. The van der Waals surface area contributed by atoms with Crippen LogP contribution in [0.4, 0.5) is 0 Å². The van der Waals surface area contributed by atoms with Crippen molar-refractivity contribution in [3.05, 3.63) is 17.7 Å². The number of nitrogens with zero attached hydrogens (tertiary/aromatic N) is 2. The van der Waals surface area contributed by atoms with Gasteiger partial charge in [-0.05, 0) is 18.9 Å². The maximum atomic E-state index is 12.7. The summed E-state index contributed by atoms with van der Waals surface area (Å²) < 4.78 is 17.2. The van der Waals surface area contributed by atoms with Crippen LogP contribution in [0.3, 0.4) is 0 Å². The van der Waals surface area contributed by atoms with Gasteiger partial charge in [-0.3, -0.25) is 9.69 Å². The molecule has 1 N–H and O–H groups in total. The molecule has 1 amide bonds. The van der Waals surface area contributed by atoms with Crippen LogP contribution in [0.1, 0.15) is 24.8 Å². The third-order valence-electron chi connectivity index (χ3n) is 5.52. The van der Waals surface area contributed by atoms with E-state index in [0.29, 0.717) is 19.8 Å². The lowest BCUT2D eigenvalue weighted by Crippen LogP contribution is -2.57. The van der Waals surface area contributed by atoms with Gasteiger partial charge in [-0.25, -0.2) is 0 Å². The van der Waals surface area contributed by atoms with E-state index in [9.17, 15) is 4.79 Å². The minimum atomic E-state index is -0.122. The molecular formula is C20H29N3O4. The highest BCUT2D eigenvalue weighted by molar-refractivity contribution is 5.82. The number of nitrogens with one attached hydrogen (secondary N) is 1. The van der Waals surface area contributed by atoms with E-state index in [1.807, 2.05) is 17.0 Å². The number of hydrogen-bond donors (Lipinski definition) is 1. The van der Waals surface area contributed by atoms with Gasteiger partial charge in [-0.1, -0.05) is 0 Å². The van der Waals surface area contributed by atoms with Gasteiger partial charge < -0.3 is 24.4 Å². The summed E-state index contributed by atoms with van der Waals surface area (Å²) in [5.74, 6) is 2.57. The van der Waals surface area contributed by atoms with Gasteiger partial charge in [0.25, 0.3) is 0 Å². The van der Waals surface area contributed by atoms with E-state index < -0.39 is 0 Å². The third kappa shape index (κ3) is 4.14. The second kappa shape index (κ2) is 8.35. The summed E-state index contributed by atoms with van der Waals surface area (Å²) in [6, 6.07) is 3.83. The highest BCUT2D eigenvalue weighted by atomic mass is 16.5. The molecule has 3 aliphatic rings. The Labute approximate surface area is 160 Å². The number of carbonyl (C=O) groups excluding carboxylic acids is 1. The normalized spacial score (nSPS) is 23.1. The zero-order valence-corrected chi connectivity index (χ0v) is 16.0. The van der Waals surface area contributed by atoms with E-state index in [1.165, 1.54) is 0 Å². The number of ether oxygens (including phenoxy) is 3. The van der Waals surface area contributed by atoms with Crippen molar-refractivity contribution in [3.63, 3.8) is 0 Å². The molecule has 2 fully saturated rings. The molecule has 1 aromatic rings. The first kappa shape index (κ1) is 18.4. The molecule has 0 bridgehead atoms. The molecule has 3 aliphatic heterocycles. The first-order chi connectivity index (χ1) is 13.2. The fraction of sp³-hybridized carbons (Fsp3) is 0.650. The van der Waals surface area contributed by atoms with Crippen LogP contribution >= 0.6 is 0 Å². The van der Waals surface area contributed by atoms with Crippen LogP contribution in [0.15, 0.2) is 12.1 Å². The van der Waals surface area contributed by atoms with Crippen LogP contribution in [0.2, 0.25) is 0 Å². The van der Waals surface area contributed by atoms with Crippen LogP contribution in [0, 0.1) is 0 Å². The first-order valence-corrected chi connectivity index (χ1v) is 9.95. The van der Waals surface area contributed by atoms with Gasteiger partial charge in [0, 0.05) is 57.3 Å². The molecule has 7 heteroatoms. The molecule has 4 rings (SSSR count). The number of hydrogen-bond acceptors (Lipinski definition) is 6. The summed E-state index contributed by atoms with van der Waals surface area (Å²) in [4.78, 5) is 17.0. The molecule has 7 nitrogen and oxygen atoms in total. The predicted octanol–water partition coefficient (Wildman–Crippen LogP) is 1.25. The summed E-state index contributed by atoms with van der Waals surface area (Å²) in [7, 11) is 1.68. The lowest BCUT2D eigenvalue weighted by atomic mass is 10.1. The van der Waals surface area contributed by atoms with Crippen molar-refractivity contribution in [3.8, 4) is 17.2 Å². The van der Waals surface area contributed by atoms with Crippen LogP contribution in [-0.2, 0) is 11.3 Å². The van der Waals surface area contributed by atoms with E-state index >= 15 is 0 Å². The number of fused-ring (bicyclic) bond motifs is 1. The number of rotatable bonds is 4. The second-order valence-corrected chi connectivity index (χ2v) is 7.44. The second-order valence-electron chi connectivity index (χ2n) is 7.44. The maximum Gasteiger partial charge on any atom is 0.241 e. The summed E-state index contributed by atoms with van der Waals surface area (Å²) in [5.41, 5.74) is 1.07. The number of piperazine rings is 1. The van der Waals surface area contributed by atoms with E-state index in [2.05, 4.69) is 10.2 Å². The van der Waals surface area contributed by atoms with Crippen molar-refractivity contribution in [1.82, 2.24) is 15.1 Å². The summed E-state index contributed by atoms with van der Waals surface area (Å²) in [5, 5.41) is 3.39. The van der Waals surface area contributed by atoms with Gasteiger partial charge >= 0.3 is 0 Å². The molecule has 148 valence electrons. The number of benzene rings is 1. The highest BCUT2D eigenvalue weighted by Crippen LogP contribution is 2.37. The van der Waals surface area contributed by atoms with Crippen LogP contribution in [0.5, 0.6) is 17.2 Å². The lowest BCUT2D eigenvalue weighted by molar-refractivity contribution is -0.133. The largest absolute Gasteiger partial charge is 0.496 e. The van der Waals surface area contributed by atoms with E-state index in [1.54, 1.807) is 7.11 Å². The van der Waals surface area contributed by atoms with Crippen LogP contribution in [-0.4, -0.2) is 74.8 Å². The molecule has 27 heavy (non-hydrogen) atoms. The van der Waals surface area contributed by atoms with Gasteiger partial charge in [0.2, 0.25) is 5.91 Å². The molecule has 0 radical (unpaired) electrons. The molecule has 0 aliphatic carbocycles. The van der Waals surface area contributed by atoms with E-state index in [4.69, 9.17) is 14.2 Å². The van der Waals surface area contributed by atoms with Gasteiger partial charge in [-0.15, -0.1) is 0 Å². The molecule has 1 atom stereocenters. The van der Waals surface area contributed by atoms with Crippen molar-refractivity contribution in [2.24, 2.45) is 0 Å². The quantitative estimate of drug-likeness (QED) is 0.855. The van der Waals surface area contributed by atoms with Gasteiger partial charge in [0.05, 0.1) is 26.4 Å². The Morgan fingerprint density at radius 2 is 1.89 bits per heavy atom. The van der Waals surface area contributed by atoms with Crippen LogP contribution < -0.4 is 19.5 Å². The molecule has 1 aromatic carbocycles. The van der Waals surface area contributed by atoms with Crippen molar-refractivity contribution >= 4 is 5.91 Å². The Balaban J connectivity index is 1.46. The lowest BCUT2D eigenvalue weighted by Gasteiger charge is -2.35. The van der Waals surface area contributed by atoms with Crippen LogP contribution in [0.25, 0.3) is 0 Å². The Kier molecular flexibility index (Phi) is 5.69. The molecule has 0 spiro atoms. The summed E-state index contributed by atoms with van der Waals surface area (Å²) in [6.45, 7) is 6.28. The standard InChI is InChI=1S/C20H29N3O4/c1-25-17-12-19-18(26-9-4-10-27-19)11-15(17)13-22-8-5-21-16(14-22)20(24)23-6-2-3-7-23/h11-12,16,21H,2-10,13-14H2,1H3/t16-/m1/s1. The SMILES string of the molecule is COc1cc2c(cc1CN1CCN[C@@H](C(=O)N3CCCC3)C1)OCCCO2. The Bertz CT molecular complexity index is 675. The average Bonchev–Trinajstić information content (AvgIpc) is 3.14.